The maximum Gasteiger partial charge on any atom is 0.341 e. The van der Waals surface area contributed by atoms with Crippen LogP contribution < -0.4 is 5.32 Å². The fraction of sp³-hybridized carbons (Fsp3) is 0.200. The van der Waals surface area contributed by atoms with E-state index < -0.39 is 18.2 Å². The fourth-order valence-electron chi connectivity index (χ4n) is 2.19. The summed E-state index contributed by atoms with van der Waals surface area (Å²) in [4.78, 5) is 34.4. The fourth-order valence-corrected chi connectivity index (χ4v) is 2.19. The Morgan fingerprint density at radius 1 is 1.19 bits per heavy atom. The van der Waals surface area contributed by atoms with Crippen LogP contribution >= 0.6 is 0 Å². The lowest BCUT2D eigenvalue weighted by atomic mass is 10.1. The first-order valence-electron chi connectivity index (χ1n) is 8.21. The van der Waals surface area contributed by atoms with Gasteiger partial charge in [-0.3, -0.25) is 9.59 Å². The Balaban J connectivity index is 1.75. The number of anilines is 1. The Kier molecular flexibility index (Phi) is 7.08. The van der Waals surface area contributed by atoms with E-state index >= 15 is 0 Å². The Morgan fingerprint density at radius 2 is 1.93 bits per heavy atom. The van der Waals surface area contributed by atoms with E-state index in [9.17, 15) is 14.4 Å². The summed E-state index contributed by atoms with van der Waals surface area (Å²) in [6.45, 7) is 1.76. The highest BCUT2D eigenvalue weighted by Crippen LogP contribution is 2.10. The lowest BCUT2D eigenvalue weighted by Gasteiger charge is -2.14. The summed E-state index contributed by atoms with van der Waals surface area (Å²) in [6.07, 6.45) is -0.232. The van der Waals surface area contributed by atoms with Gasteiger partial charge in [0.25, 0.3) is 0 Å². The van der Waals surface area contributed by atoms with Gasteiger partial charge in [0.15, 0.2) is 0 Å². The van der Waals surface area contributed by atoms with E-state index in [1.165, 1.54) is 19.1 Å². The molecule has 0 amide bonds. The van der Waals surface area contributed by atoms with Crippen LogP contribution in [0.2, 0.25) is 0 Å². The van der Waals surface area contributed by atoms with Gasteiger partial charge in [-0.15, -0.1) is 0 Å². The maximum absolute atomic E-state index is 12.0. The number of carbonyl (C=O) groups is 3. The predicted octanol–water partition coefficient (Wildman–Crippen LogP) is 2.92. The van der Waals surface area contributed by atoms with Crippen molar-refractivity contribution in [2.45, 2.75) is 19.6 Å². The minimum atomic E-state index is -1.05. The molecule has 27 heavy (non-hydrogen) atoms. The number of nitrogens with zero attached hydrogens (tertiary/aromatic N) is 1. The van der Waals surface area contributed by atoms with Crippen LogP contribution in [0.1, 0.15) is 39.6 Å². The molecule has 1 atom stereocenters. The second kappa shape index (κ2) is 9.73. The predicted molar refractivity (Wildman–Crippen MR) is 97.1 cm³/mol. The van der Waals surface area contributed by atoms with Crippen LogP contribution in [-0.2, 0) is 14.3 Å². The minimum absolute atomic E-state index is 0.0707. The Morgan fingerprint density at radius 3 is 2.59 bits per heavy atom. The van der Waals surface area contributed by atoms with Gasteiger partial charge in [-0.1, -0.05) is 6.07 Å². The average molecular weight is 366 g/mol. The van der Waals surface area contributed by atoms with Crippen LogP contribution in [-0.4, -0.2) is 31.1 Å². The molecule has 0 aliphatic heterocycles. The standard InChI is InChI=1S/C20H18N2O5/c1-14(27-20(25)17-4-2-3-16(11-17)12-21)26-19(24)9-10-22-18-7-5-15(13-23)6-8-18/h2-8,11,13-14,22H,9-10H2,1H3. The molecule has 0 aliphatic rings. The number of carbonyl (C=O) groups excluding carboxylic acids is 3. The molecule has 1 unspecified atom stereocenters. The lowest BCUT2D eigenvalue weighted by Crippen LogP contribution is -2.23. The van der Waals surface area contributed by atoms with E-state index in [1.807, 2.05) is 6.07 Å². The number of aldehydes is 1. The van der Waals surface area contributed by atoms with Gasteiger partial charge in [0, 0.05) is 24.7 Å². The smallest absolute Gasteiger partial charge is 0.341 e. The Hall–Kier alpha value is -3.66. The number of benzene rings is 2. The molecule has 2 aromatic carbocycles. The van der Waals surface area contributed by atoms with Crippen molar-refractivity contribution in [1.82, 2.24) is 0 Å². The normalized spacial score (nSPS) is 11.0. The Labute approximate surface area is 156 Å². The summed E-state index contributed by atoms with van der Waals surface area (Å²) in [5, 5.41) is 11.9. The SMILES string of the molecule is CC(OC(=O)CCNc1ccc(C=O)cc1)OC(=O)c1cccc(C#N)c1. The number of ether oxygens (including phenoxy) is 2. The number of nitrogens with one attached hydrogen (secondary N) is 1. The Bertz CT molecular complexity index is 855. The number of hydrogen-bond donors (Lipinski definition) is 1. The molecule has 0 spiro atoms. The molecule has 7 heteroatoms. The second-order valence-electron chi connectivity index (χ2n) is 5.57. The van der Waals surface area contributed by atoms with Gasteiger partial charge < -0.3 is 14.8 Å². The molecule has 0 bridgehead atoms. The summed E-state index contributed by atoms with van der Waals surface area (Å²) >= 11 is 0. The molecular weight excluding hydrogens is 348 g/mol. The van der Waals surface area contributed by atoms with Gasteiger partial charge in [-0.25, -0.2) is 4.79 Å². The molecule has 0 saturated carbocycles. The molecule has 0 aliphatic carbocycles. The number of rotatable bonds is 8. The summed E-state index contributed by atoms with van der Waals surface area (Å²) in [5.74, 6) is -1.21. The molecule has 0 radical (unpaired) electrons. The van der Waals surface area contributed by atoms with Gasteiger partial charge in [0.1, 0.15) is 6.29 Å². The van der Waals surface area contributed by atoms with Crippen molar-refractivity contribution < 1.29 is 23.9 Å². The quantitative estimate of drug-likeness (QED) is 0.435. The lowest BCUT2D eigenvalue weighted by molar-refractivity contribution is -0.165. The first kappa shape index (κ1) is 19.7. The summed E-state index contributed by atoms with van der Waals surface area (Å²) in [6, 6.07) is 14.8. The monoisotopic (exact) mass is 366 g/mol. The highest BCUT2D eigenvalue weighted by Gasteiger charge is 2.16. The van der Waals surface area contributed by atoms with E-state index in [0.29, 0.717) is 17.7 Å². The van der Waals surface area contributed by atoms with Crippen molar-refractivity contribution in [3.8, 4) is 6.07 Å². The van der Waals surface area contributed by atoms with Crippen molar-refractivity contribution in [2.75, 3.05) is 11.9 Å². The number of hydrogen-bond acceptors (Lipinski definition) is 7. The topological polar surface area (TPSA) is 105 Å². The van der Waals surface area contributed by atoms with Gasteiger partial charge in [0.05, 0.1) is 23.6 Å². The zero-order chi connectivity index (χ0) is 19.6. The first-order chi connectivity index (χ1) is 13.0. The molecule has 2 aromatic rings. The molecule has 0 heterocycles. The van der Waals surface area contributed by atoms with Crippen LogP contribution in [0.25, 0.3) is 0 Å². The highest BCUT2D eigenvalue weighted by atomic mass is 16.7. The zero-order valence-corrected chi connectivity index (χ0v) is 14.7. The molecule has 7 nitrogen and oxygen atoms in total. The number of nitriles is 1. The molecular formula is C20H18N2O5. The van der Waals surface area contributed by atoms with Crippen LogP contribution in [0, 0.1) is 11.3 Å². The summed E-state index contributed by atoms with van der Waals surface area (Å²) < 4.78 is 10.1. The van der Waals surface area contributed by atoms with Crippen LogP contribution in [0.15, 0.2) is 48.5 Å². The molecule has 0 aromatic heterocycles. The average Bonchev–Trinajstić information content (AvgIpc) is 2.68. The van der Waals surface area contributed by atoms with E-state index in [-0.39, 0.29) is 12.0 Å². The van der Waals surface area contributed by atoms with Gasteiger partial charge in [-0.2, -0.15) is 5.26 Å². The third-order valence-corrected chi connectivity index (χ3v) is 3.50. The number of esters is 2. The van der Waals surface area contributed by atoms with Crippen molar-refractivity contribution in [3.05, 3.63) is 65.2 Å². The summed E-state index contributed by atoms with van der Waals surface area (Å²) in [5.41, 5.74) is 1.87. The van der Waals surface area contributed by atoms with Crippen molar-refractivity contribution in [1.29, 1.82) is 5.26 Å². The van der Waals surface area contributed by atoms with Crippen molar-refractivity contribution >= 4 is 23.9 Å². The van der Waals surface area contributed by atoms with Gasteiger partial charge >= 0.3 is 11.9 Å². The van der Waals surface area contributed by atoms with E-state index in [0.717, 1.165) is 12.0 Å². The van der Waals surface area contributed by atoms with E-state index in [1.54, 1.807) is 36.4 Å². The molecule has 0 saturated heterocycles. The molecule has 138 valence electrons. The third-order valence-electron chi connectivity index (χ3n) is 3.50. The van der Waals surface area contributed by atoms with Crippen molar-refractivity contribution in [3.63, 3.8) is 0 Å². The van der Waals surface area contributed by atoms with Crippen molar-refractivity contribution in [2.24, 2.45) is 0 Å². The molecule has 2 rings (SSSR count). The van der Waals surface area contributed by atoms with Crippen LogP contribution in [0.4, 0.5) is 5.69 Å². The van der Waals surface area contributed by atoms with Crippen LogP contribution in [0.3, 0.4) is 0 Å². The molecule has 1 N–H and O–H groups in total. The highest BCUT2D eigenvalue weighted by molar-refractivity contribution is 5.90. The summed E-state index contributed by atoms with van der Waals surface area (Å²) in [7, 11) is 0. The van der Waals surface area contributed by atoms with E-state index in [2.05, 4.69) is 5.32 Å². The van der Waals surface area contributed by atoms with Gasteiger partial charge in [0.2, 0.25) is 6.29 Å². The molecule has 0 fully saturated rings. The first-order valence-corrected chi connectivity index (χ1v) is 8.21. The second-order valence-corrected chi connectivity index (χ2v) is 5.57. The largest absolute Gasteiger partial charge is 0.425 e. The van der Waals surface area contributed by atoms with E-state index in [4.69, 9.17) is 14.7 Å². The zero-order valence-electron chi connectivity index (χ0n) is 14.7. The maximum atomic E-state index is 12.0. The van der Waals surface area contributed by atoms with Crippen LogP contribution in [0.5, 0.6) is 0 Å². The van der Waals surface area contributed by atoms with Gasteiger partial charge in [-0.05, 0) is 42.5 Å². The minimum Gasteiger partial charge on any atom is -0.425 e. The third kappa shape index (κ3) is 6.29.